The molecular weight excluding hydrogens is 300 g/mol. The number of aromatic nitrogens is 2. The van der Waals surface area contributed by atoms with Crippen LogP contribution in [0.5, 0.6) is 0 Å². The first-order valence-corrected chi connectivity index (χ1v) is 8.53. The van der Waals surface area contributed by atoms with E-state index < -0.39 is 6.04 Å². The zero-order valence-electron chi connectivity index (χ0n) is 12.0. The average molecular weight is 316 g/mol. The van der Waals surface area contributed by atoms with Crippen LogP contribution in [-0.4, -0.2) is 45.5 Å². The molecule has 2 aromatic rings. The molecule has 1 fully saturated rings. The third kappa shape index (κ3) is 2.16. The Kier molecular flexibility index (Phi) is 3.29. The van der Waals surface area contributed by atoms with E-state index in [0.29, 0.717) is 24.7 Å². The van der Waals surface area contributed by atoms with Gasteiger partial charge in [0.05, 0.1) is 11.0 Å². The van der Waals surface area contributed by atoms with Gasteiger partial charge in [-0.05, 0) is 12.1 Å². The van der Waals surface area contributed by atoms with Crippen LogP contribution < -0.4 is 10.2 Å². The first-order valence-electron chi connectivity index (χ1n) is 7.38. The van der Waals surface area contributed by atoms with Crippen molar-refractivity contribution in [2.24, 2.45) is 0 Å². The van der Waals surface area contributed by atoms with Crippen molar-refractivity contribution in [1.29, 1.82) is 0 Å². The van der Waals surface area contributed by atoms with E-state index in [2.05, 4.69) is 14.9 Å². The Hall–Kier alpha value is -2.02. The number of thioether (sulfide) groups is 1. The van der Waals surface area contributed by atoms with Crippen LogP contribution in [0, 0.1) is 0 Å². The van der Waals surface area contributed by atoms with Gasteiger partial charge in [-0.15, -0.1) is 0 Å². The molecule has 6 nitrogen and oxygen atoms in total. The summed E-state index contributed by atoms with van der Waals surface area (Å²) in [5, 5.41) is 2.83. The summed E-state index contributed by atoms with van der Waals surface area (Å²) in [5.41, 5.74) is 1.95. The highest BCUT2D eigenvalue weighted by atomic mass is 32.2. The molecule has 0 unspecified atom stereocenters. The fraction of sp³-hybridized carbons (Fsp3) is 0.400. The second-order valence-electron chi connectivity index (χ2n) is 5.49. The predicted molar refractivity (Wildman–Crippen MR) is 86.0 cm³/mol. The number of fused-ring (bicyclic) bond motifs is 3. The van der Waals surface area contributed by atoms with Gasteiger partial charge in [-0.25, -0.2) is 4.98 Å². The van der Waals surface area contributed by atoms with Gasteiger partial charge in [0, 0.05) is 31.0 Å². The molecule has 0 saturated carbocycles. The maximum absolute atomic E-state index is 12.8. The van der Waals surface area contributed by atoms with Crippen molar-refractivity contribution >= 4 is 40.6 Å². The van der Waals surface area contributed by atoms with E-state index in [9.17, 15) is 9.59 Å². The van der Waals surface area contributed by atoms with E-state index in [0.717, 1.165) is 23.3 Å². The molecule has 2 aliphatic heterocycles. The number of carbonyl (C=O) groups is 2. The average Bonchev–Trinajstić information content (AvgIpc) is 3.00. The van der Waals surface area contributed by atoms with Gasteiger partial charge in [-0.3, -0.25) is 14.5 Å². The molecular formula is C15H16N4O2S. The summed E-state index contributed by atoms with van der Waals surface area (Å²) in [6.45, 7) is 1.36. The highest BCUT2D eigenvalue weighted by molar-refractivity contribution is 7.99. The van der Waals surface area contributed by atoms with E-state index in [-0.39, 0.29) is 11.8 Å². The Bertz CT molecular complexity index is 757. The summed E-state index contributed by atoms with van der Waals surface area (Å²) < 4.78 is 2.07. The molecule has 22 heavy (non-hydrogen) atoms. The summed E-state index contributed by atoms with van der Waals surface area (Å²) >= 11 is 1.64. The topological polar surface area (TPSA) is 67.2 Å². The quantitative estimate of drug-likeness (QED) is 0.852. The Labute approximate surface area is 131 Å². The molecule has 4 rings (SSSR count). The lowest BCUT2D eigenvalue weighted by molar-refractivity contribution is -0.126. The van der Waals surface area contributed by atoms with E-state index in [1.54, 1.807) is 16.7 Å². The number of benzene rings is 1. The lowest BCUT2D eigenvalue weighted by Crippen LogP contribution is -2.49. The van der Waals surface area contributed by atoms with Crippen LogP contribution in [0.25, 0.3) is 11.0 Å². The van der Waals surface area contributed by atoms with E-state index >= 15 is 0 Å². The van der Waals surface area contributed by atoms with Crippen molar-refractivity contribution < 1.29 is 9.59 Å². The maximum Gasteiger partial charge on any atom is 0.252 e. The van der Waals surface area contributed by atoms with Gasteiger partial charge in [-0.2, -0.15) is 11.8 Å². The monoisotopic (exact) mass is 316 g/mol. The molecule has 0 spiro atoms. The van der Waals surface area contributed by atoms with Gasteiger partial charge in [0.15, 0.2) is 0 Å². The highest BCUT2D eigenvalue weighted by Crippen LogP contribution is 2.28. The molecule has 2 amide bonds. The number of nitrogens with one attached hydrogen (secondary N) is 1. The van der Waals surface area contributed by atoms with E-state index in [1.807, 2.05) is 24.3 Å². The highest BCUT2D eigenvalue weighted by Gasteiger charge is 2.34. The number of imidazole rings is 1. The number of para-hydroxylation sites is 2. The summed E-state index contributed by atoms with van der Waals surface area (Å²) in [6, 6.07) is 7.44. The number of anilines is 1. The minimum atomic E-state index is -0.452. The van der Waals surface area contributed by atoms with Crippen molar-refractivity contribution in [3.63, 3.8) is 0 Å². The number of rotatable bonds is 1. The molecule has 1 saturated heterocycles. The number of hydrogen-bond acceptors (Lipinski definition) is 4. The Morgan fingerprint density at radius 2 is 2.18 bits per heavy atom. The van der Waals surface area contributed by atoms with Crippen LogP contribution in [0.3, 0.4) is 0 Å². The van der Waals surface area contributed by atoms with Gasteiger partial charge in [-0.1, -0.05) is 12.1 Å². The Balaban J connectivity index is 1.65. The lowest BCUT2D eigenvalue weighted by atomic mass is 10.2. The first-order chi connectivity index (χ1) is 10.7. The molecule has 1 N–H and O–H groups in total. The van der Waals surface area contributed by atoms with Crippen molar-refractivity contribution in [2.45, 2.75) is 19.0 Å². The standard InChI is InChI=1S/C15H16N4O2S/c20-13-5-8-22-9-11(16-13)14(21)19-7-6-18-12-4-2-1-3-10(12)17-15(18)19/h1-4,11H,5-9H2,(H,16,20)/t11-/m0/s1. The van der Waals surface area contributed by atoms with Gasteiger partial charge >= 0.3 is 0 Å². The van der Waals surface area contributed by atoms with Gasteiger partial charge in [0.2, 0.25) is 11.9 Å². The van der Waals surface area contributed by atoms with E-state index in [4.69, 9.17) is 0 Å². The van der Waals surface area contributed by atoms with Crippen molar-refractivity contribution in [2.75, 3.05) is 23.0 Å². The van der Waals surface area contributed by atoms with Crippen molar-refractivity contribution in [3.8, 4) is 0 Å². The van der Waals surface area contributed by atoms with Crippen LogP contribution in [0.2, 0.25) is 0 Å². The Morgan fingerprint density at radius 1 is 1.32 bits per heavy atom. The number of nitrogens with zero attached hydrogens (tertiary/aromatic N) is 3. The second-order valence-corrected chi connectivity index (χ2v) is 6.64. The molecule has 0 aliphatic carbocycles. The smallest absolute Gasteiger partial charge is 0.252 e. The minimum Gasteiger partial charge on any atom is -0.343 e. The van der Waals surface area contributed by atoms with Crippen LogP contribution in [-0.2, 0) is 16.1 Å². The molecule has 1 aromatic heterocycles. The summed E-state index contributed by atoms with van der Waals surface area (Å²) in [5.74, 6) is 1.98. The molecule has 1 atom stereocenters. The summed E-state index contributed by atoms with van der Waals surface area (Å²) in [7, 11) is 0. The molecule has 3 heterocycles. The van der Waals surface area contributed by atoms with Crippen LogP contribution >= 0.6 is 11.8 Å². The third-order valence-corrected chi connectivity index (χ3v) is 5.14. The van der Waals surface area contributed by atoms with Crippen LogP contribution in [0.4, 0.5) is 5.95 Å². The Morgan fingerprint density at radius 3 is 3.09 bits per heavy atom. The van der Waals surface area contributed by atoms with Crippen LogP contribution in [0.15, 0.2) is 24.3 Å². The summed E-state index contributed by atoms with van der Waals surface area (Å²) in [6.07, 6.45) is 0.479. The maximum atomic E-state index is 12.8. The molecule has 0 bridgehead atoms. The second kappa shape index (κ2) is 5.31. The minimum absolute atomic E-state index is 0.0453. The predicted octanol–water partition coefficient (Wildman–Crippen LogP) is 1.00. The SMILES string of the molecule is O=C1CCSC[C@@H](C(=O)N2CCn3c2nc2ccccc23)N1. The van der Waals surface area contributed by atoms with Crippen molar-refractivity contribution in [3.05, 3.63) is 24.3 Å². The molecule has 2 aliphatic rings. The fourth-order valence-corrected chi connectivity index (χ4v) is 3.95. The van der Waals surface area contributed by atoms with Gasteiger partial charge in [0.25, 0.3) is 5.91 Å². The number of hydrogen-bond donors (Lipinski definition) is 1. The molecule has 0 radical (unpaired) electrons. The van der Waals surface area contributed by atoms with Crippen molar-refractivity contribution in [1.82, 2.24) is 14.9 Å². The summed E-state index contributed by atoms with van der Waals surface area (Å²) in [4.78, 5) is 30.8. The lowest BCUT2D eigenvalue weighted by Gasteiger charge is -2.21. The zero-order valence-corrected chi connectivity index (χ0v) is 12.8. The largest absolute Gasteiger partial charge is 0.343 e. The van der Waals surface area contributed by atoms with Gasteiger partial charge in [0.1, 0.15) is 6.04 Å². The zero-order chi connectivity index (χ0) is 15.1. The third-order valence-electron chi connectivity index (χ3n) is 4.08. The molecule has 7 heteroatoms. The van der Waals surface area contributed by atoms with E-state index in [1.165, 1.54) is 0 Å². The molecule has 114 valence electrons. The fourth-order valence-electron chi connectivity index (χ4n) is 2.99. The number of amides is 2. The van der Waals surface area contributed by atoms with Gasteiger partial charge < -0.3 is 9.88 Å². The molecule has 1 aromatic carbocycles. The first kappa shape index (κ1) is 13.6. The van der Waals surface area contributed by atoms with Crippen LogP contribution in [0.1, 0.15) is 6.42 Å². The number of carbonyl (C=O) groups excluding carboxylic acids is 2. The normalized spacial score (nSPS) is 21.5.